The topological polar surface area (TPSA) is 23.5 Å². The van der Waals surface area contributed by atoms with Crippen molar-refractivity contribution in [3.05, 3.63) is 107 Å². The van der Waals surface area contributed by atoms with Crippen LogP contribution in [0.4, 0.5) is 0 Å². The molecule has 3 aliphatic carbocycles. The van der Waals surface area contributed by atoms with Crippen molar-refractivity contribution in [3.63, 3.8) is 0 Å². The van der Waals surface area contributed by atoms with E-state index in [1.54, 1.807) is 0 Å². The van der Waals surface area contributed by atoms with E-state index in [9.17, 15) is 5.11 Å². The van der Waals surface area contributed by atoms with Gasteiger partial charge in [0, 0.05) is 31.0 Å². The Labute approximate surface area is 172 Å². The molecule has 4 atom stereocenters. The summed E-state index contributed by atoms with van der Waals surface area (Å²) in [5.41, 5.74) is 7.17. The third-order valence-corrected chi connectivity index (χ3v) is 7.80. The maximum atomic E-state index is 11.0. The van der Waals surface area contributed by atoms with Crippen molar-refractivity contribution < 1.29 is 5.11 Å². The largest absolute Gasteiger partial charge is 0.387 e. The fourth-order valence-electron chi connectivity index (χ4n) is 6.47. The van der Waals surface area contributed by atoms with E-state index < -0.39 is 6.10 Å². The number of hydrogen-bond donors (Lipinski definition) is 1. The van der Waals surface area contributed by atoms with Crippen molar-refractivity contribution in [1.82, 2.24) is 4.90 Å². The van der Waals surface area contributed by atoms with Crippen LogP contribution in [-0.4, -0.2) is 29.1 Å². The van der Waals surface area contributed by atoms with Gasteiger partial charge in [0.25, 0.3) is 0 Å². The molecule has 0 saturated carbocycles. The summed E-state index contributed by atoms with van der Waals surface area (Å²) >= 11 is 0. The minimum absolute atomic E-state index is 0.119. The van der Waals surface area contributed by atoms with Gasteiger partial charge in [0.2, 0.25) is 0 Å². The second-order valence-electron chi connectivity index (χ2n) is 9.09. The zero-order valence-corrected chi connectivity index (χ0v) is 16.8. The van der Waals surface area contributed by atoms with Crippen molar-refractivity contribution >= 4 is 0 Å². The molecule has 0 unspecified atom stereocenters. The molecule has 29 heavy (non-hydrogen) atoms. The highest BCUT2D eigenvalue weighted by Crippen LogP contribution is 2.60. The molecule has 1 N–H and O–H groups in total. The van der Waals surface area contributed by atoms with Gasteiger partial charge in [-0.1, -0.05) is 78.9 Å². The number of benzene rings is 3. The zero-order chi connectivity index (χ0) is 19.5. The lowest BCUT2D eigenvalue weighted by Crippen LogP contribution is -2.39. The second kappa shape index (κ2) is 6.55. The van der Waals surface area contributed by atoms with Crippen molar-refractivity contribution in [1.29, 1.82) is 0 Å². The van der Waals surface area contributed by atoms with Crippen molar-refractivity contribution in [2.24, 2.45) is 11.8 Å². The first-order valence-corrected chi connectivity index (χ1v) is 10.9. The smallest absolute Gasteiger partial charge is 0.0942 e. The standard InChI is InChI=1S/C27H27NO/c1-17(27(29)18-9-3-2-4-10-18)28-15-23-24(16-28)26-20-12-6-5-11-19(20)25(23)21-13-7-8-14-22(21)26/h2-14,17,23-27,29H,15-16H2,1H3/t17-,23-,24+,25?,26?,27-/m0/s1. The molecule has 146 valence electrons. The highest BCUT2D eigenvalue weighted by molar-refractivity contribution is 5.57. The lowest BCUT2D eigenvalue weighted by atomic mass is 9.55. The predicted octanol–water partition coefficient (Wildman–Crippen LogP) is 4.95. The Morgan fingerprint density at radius 1 is 0.690 bits per heavy atom. The molecule has 1 fully saturated rings. The Hall–Kier alpha value is -2.42. The summed E-state index contributed by atoms with van der Waals surface area (Å²) in [4.78, 5) is 2.55. The monoisotopic (exact) mass is 381 g/mol. The Kier molecular flexibility index (Phi) is 3.94. The molecule has 0 radical (unpaired) electrons. The molecule has 0 amide bonds. The van der Waals surface area contributed by atoms with Gasteiger partial charge in [0.15, 0.2) is 0 Å². The van der Waals surface area contributed by atoms with Crippen LogP contribution >= 0.6 is 0 Å². The summed E-state index contributed by atoms with van der Waals surface area (Å²) in [6.07, 6.45) is -0.446. The third kappa shape index (κ3) is 2.49. The fourth-order valence-corrected chi connectivity index (χ4v) is 6.47. The molecule has 7 rings (SSSR count). The van der Waals surface area contributed by atoms with E-state index in [0.717, 1.165) is 18.7 Å². The molecule has 0 aromatic heterocycles. The molecule has 4 aliphatic rings. The summed E-state index contributed by atoms with van der Waals surface area (Å²) in [5, 5.41) is 11.0. The molecule has 3 aromatic carbocycles. The van der Waals surface area contributed by atoms with Gasteiger partial charge >= 0.3 is 0 Å². The zero-order valence-electron chi connectivity index (χ0n) is 16.8. The molecular weight excluding hydrogens is 354 g/mol. The fraction of sp³-hybridized carbons (Fsp3) is 0.333. The number of aliphatic hydroxyl groups is 1. The summed E-state index contributed by atoms with van der Waals surface area (Å²) in [6, 6.07) is 28.5. The van der Waals surface area contributed by atoms with Crippen LogP contribution in [-0.2, 0) is 0 Å². The summed E-state index contributed by atoms with van der Waals surface area (Å²) in [7, 11) is 0. The van der Waals surface area contributed by atoms with Crippen LogP contribution < -0.4 is 0 Å². The third-order valence-electron chi connectivity index (χ3n) is 7.80. The van der Waals surface area contributed by atoms with Gasteiger partial charge in [-0.2, -0.15) is 0 Å². The van der Waals surface area contributed by atoms with Gasteiger partial charge in [0.1, 0.15) is 0 Å². The van der Waals surface area contributed by atoms with Gasteiger partial charge in [-0.05, 0) is 46.6 Å². The number of likely N-dealkylation sites (tertiary alicyclic amines) is 1. The van der Waals surface area contributed by atoms with Gasteiger partial charge in [-0.3, -0.25) is 4.90 Å². The Bertz CT molecular complexity index is 940. The molecule has 1 saturated heterocycles. The average molecular weight is 382 g/mol. The van der Waals surface area contributed by atoms with Crippen LogP contribution in [0.25, 0.3) is 0 Å². The molecule has 1 aliphatic heterocycles. The molecule has 2 nitrogen and oxygen atoms in total. The van der Waals surface area contributed by atoms with E-state index in [-0.39, 0.29) is 6.04 Å². The van der Waals surface area contributed by atoms with E-state index >= 15 is 0 Å². The van der Waals surface area contributed by atoms with Crippen molar-refractivity contribution in [2.45, 2.75) is 30.9 Å². The molecule has 1 heterocycles. The quantitative estimate of drug-likeness (QED) is 0.694. The number of hydrogen-bond acceptors (Lipinski definition) is 2. The minimum Gasteiger partial charge on any atom is -0.387 e. The maximum Gasteiger partial charge on any atom is 0.0942 e. The lowest BCUT2D eigenvalue weighted by Gasteiger charge is -2.48. The maximum absolute atomic E-state index is 11.0. The predicted molar refractivity (Wildman–Crippen MR) is 116 cm³/mol. The highest BCUT2D eigenvalue weighted by Gasteiger charge is 2.53. The molecule has 2 heteroatoms. The van der Waals surface area contributed by atoms with Crippen LogP contribution in [0.15, 0.2) is 78.9 Å². The summed E-state index contributed by atoms with van der Waals surface area (Å²) < 4.78 is 0. The van der Waals surface area contributed by atoms with Gasteiger partial charge < -0.3 is 5.11 Å². The number of nitrogens with zero attached hydrogens (tertiary/aromatic N) is 1. The molecule has 3 aromatic rings. The molecule has 0 spiro atoms. The first-order chi connectivity index (χ1) is 14.2. The number of aliphatic hydroxyl groups excluding tert-OH is 1. The average Bonchev–Trinajstić information content (AvgIpc) is 3.24. The first-order valence-electron chi connectivity index (χ1n) is 10.9. The van der Waals surface area contributed by atoms with Crippen LogP contribution in [0.3, 0.4) is 0 Å². The van der Waals surface area contributed by atoms with E-state index in [2.05, 4.69) is 60.4 Å². The van der Waals surface area contributed by atoms with E-state index in [4.69, 9.17) is 0 Å². The number of rotatable bonds is 3. The van der Waals surface area contributed by atoms with Crippen LogP contribution in [0.1, 0.15) is 52.7 Å². The highest BCUT2D eigenvalue weighted by atomic mass is 16.3. The van der Waals surface area contributed by atoms with Crippen molar-refractivity contribution in [3.8, 4) is 0 Å². The van der Waals surface area contributed by atoms with Crippen LogP contribution in [0, 0.1) is 11.8 Å². The lowest BCUT2D eigenvalue weighted by molar-refractivity contribution is 0.0680. The van der Waals surface area contributed by atoms with Crippen molar-refractivity contribution in [2.75, 3.05) is 13.1 Å². The van der Waals surface area contributed by atoms with Gasteiger partial charge in [0.05, 0.1) is 6.10 Å². The first kappa shape index (κ1) is 17.4. The van der Waals surface area contributed by atoms with E-state index in [1.807, 2.05) is 30.3 Å². The normalized spacial score (nSPS) is 29.0. The summed E-state index contributed by atoms with van der Waals surface area (Å²) in [6.45, 7) is 4.33. The minimum atomic E-state index is -0.446. The molecular formula is C27H27NO. The van der Waals surface area contributed by atoms with Crippen LogP contribution in [0.5, 0.6) is 0 Å². The van der Waals surface area contributed by atoms with Gasteiger partial charge in [-0.25, -0.2) is 0 Å². The Morgan fingerprint density at radius 3 is 1.55 bits per heavy atom. The molecule has 2 bridgehead atoms. The SMILES string of the molecule is C[C@@H]([C@H](O)c1ccccc1)N1C[C@@H]2C3c4ccccc4C(c4ccccc43)[C@@H]2C1. The van der Waals surface area contributed by atoms with E-state index in [0.29, 0.717) is 23.7 Å². The Morgan fingerprint density at radius 2 is 1.10 bits per heavy atom. The second-order valence-corrected chi connectivity index (χ2v) is 9.09. The summed E-state index contributed by atoms with van der Waals surface area (Å²) in [5.74, 6) is 2.25. The van der Waals surface area contributed by atoms with Gasteiger partial charge in [-0.15, -0.1) is 0 Å². The van der Waals surface area contributed by atoms with E-state index in [1.165, 1.54) is 22.3 Å². The Balaban J connectivity index is 1.36. The van der Waals surface area contributed by atoms with Crippen LogP contribution in [0.2, 0.25) is 0 Å².